The van der Waals surface area contributed by atoms with Crippen molar-refractivity contribution in [2.75, 3.05) is 7.05 Å². The summed E-state index contributed by atoms with van der Waals surface area (Å²) in [6, 6.07) is 21.6. The number of carbonyl (C=O) groups is 1. The van der Waals surface area contributed by atoms with Crippen molar-refractivity contribution in [3.05, 3.63) is 94.0 Å². The average Bonchev–Trinajstić information content (AvgIpc) is 2.89. The van der Waals surface area contributed by atoms with Crippen LogP contribution in [-0.2, 0) is 11.8 Å². The minimum Gasteiger partial charge on any atom is -0.393 e. The third kappa shape index (κ3) is 7.41. The van der Waals surface area contributed by atoms with E-state index in [4.69, 9.17) is 5.21 Å². The zero-order valence-corrected chi connectivity index (χ0v) is 24.6. The molecule has 3 aromatic rings. The zero-order valence-electron chi connectivity index (χ0n) is 24.6. The Morgan fingerprint density at radius 3 is 1.84 bits per heavy atom. The first kappa shape index (κ1) is 31.4. The lowest BCUT2D eigenvalue weighted by molar-refractivity contribution is 0.0559. The van der Waals surface area contributed by atoms with Gasteiger partial charge in [-0.1, -0.05) is 95.3 Å². The van der Waals surface area contributed by atoms with Crippen LogP contribution in [0.25, 0.3) is 11.1 Å². The van der Waals surface area contributed by atoms with E-state index in [2.05, 4.69) is 84.9 Å². The van der Waals surface area contributed by atoms with Crippen molar-refractivity contribution in [3.8, 4) is 11.1 Å². The first-order valence-corrected chi connectivity index (χ1v) is 13.7. The van der Waals surface area contributed by atoms with Gasteiger partial charge in [-0.25, -0.2) is 5.48 Å². The summed E-state index contributed by atoms with van der Waals surface area (Å²) in [6.07, 6.45) is 4.31. The van der Waals surface area contributed by atoms with Gasteiger partial charge in [0.05, 0.1) is 6.10 Å². The summed E-state index contributed by atoms with van der Waals surface area (Å²) >= 11 is 0. The Balaban J connectivity index is 0.00000161. The summed E-state index contributed by atoms with van der Waals surface area (Å²) in [5, 5.41) is 17.8. The number of aryl methyl sites for hydroxylation is 3. The number of aliphatic hydroxyl groups excluding tert-OH is 1. The molecule has 3 rings (SSSR count). The maximum absolute atomic E-state index is 11.0. The van der Waals surface area contributed by atoms with Crippen LogP contribution in [0.4, 0.5) is 0 Å². The molecule has 3 N–H and O–H groups in total. The number of hydroxylamine groups is 1. The molecule has 1 unspecified atom stereocenters. The minimum atomic E-state index is -0.303. The fraction of sp³-hybridized carbons (Fsp3) is 0.441. The van der Waals surface area contributed by atoms with Crippen molar-refractivity contribution >= 4 is 6.29 Å². The van der Waals surface area contributed by atoms with Gasteiger partial charge in [0, 0.05) is 18.0 Å². The van der Waals surface area contributed by atoms with Gasteiger partial charge in [0.15, 0.2) is 0 Å². The van der Waals surface area contributed by atoms with Crippen LogP contribution in [-0.4, -0.2) is 29.8 Å². The second-order valence-corrected chi connectivity index (χ2v) is 11.3. The van der Waals surface area contributed by atoms with E-state index in [1.54, 1.807) is 5.48 Å². The van der Waals surface area contributed by atoms with Gasteiger partial charge < -0.3 is 10.3 Å². The molecule has 3 aromatic carbocycles. The molecule has 4 nitrogen and oxygen atoms in total. The van der Waals surface area contributed by atoms with Crippen LogP contribution in [0.1, 0.15) is 92.1 Å². The maximum Gasteiger partial charge on any atom is 0.150 e. The fourth-order valence-corrected chi connectivity index (χ4v) is 5.26. The van der Waals surface area contributed by atoms with Crippen LogP contribution < -0.4 is 5.48 Å². The van der Waals surface area contributed by atoms with Gasteiger partial charge in [-0.15, -0.1) is 0 Å². The quantitative estimate of drug-likeness (QED) is 0.200. The average molecular weight is 518 g/mol. The molecule has 0 aromatic heterocycles. The molecule has 0 aliphatic carbocycles. The van der Waals surface area contributed by atoms with Gasteiger partial charge in [0.25, 0.3) is 0 Å². The van der Waals surface area contributed by atoms with E-state index in [1.807, 2.05) is 24.3 Å². The Bertz CT molecular complexity index is 1170. The number of carbonyl (C=O) groups excluding carboxylic acids is 1. The minimum absolute atomic E-state index is 0.0428. The van der Waals surface area contributed by atoms with E-state index < -0.39 is 0 Å². The first-order valence-electron chi connectivity index (χ1n) is 13.7. The molecule has 0 aliphatic rings. The molecule has 0 saturated carbocycles. The molecule has 0 aliphatic heterocycles. The zero-order chi connectivity index (χ0) is 28.5. The van der Waals surface area contributed by atoms with Crippen LogP contribution in [0.2, 0.25) is 0 Å². The molecular weight excluding hydrogens is 470 g/mol. The smallest absolute Gasteiger partial charge is 0.150 e. The molecule has 4 heteroatoms. The molecule has 1 atom stereocenters. The number of aliphatic hydroxyl groups is 1. The van der Waals surface area contributed by atoms with E-state index >= 15 is 0 Å². The van der Waals surface area contributed by atoms with Crippen LogP contribution >= 0.6 is 0 Å². The van der Waals surface area contributed by atoms with Crippen molar-refractivity contribution in [1.29, 1.82) is 0 Å². The second-order valence-electron chi connectivity index (χ2n) is 11.3. The highest BCUT2D eigenvalue weighted by molar-refractivity contribution is 5.77. The first-order chi connectivity index (χ1) is 18.0. The SMILES string of the molecule is CCC(CC)(c1ccc(CCC(O)C(C)(C)C)c(C)c1)c1ccc(-c2ccc(C=O)cc2)c(C)c1.CNO. The number of aldehydes is 1. The molecule has 0 bridgehead atoms. The van der Waals surface area contributed by atoms with Gasteiger partial charge >= 0.3 is 0 Å². The lowest BCUT2D eigenvalue weighted by Gasteiger charge is -2.34. The van der Waals surface area contributed by atoms with Crippen LogP contribution in [0.5, 0.6) is 0 Å². The molecule has 38 heavy (non-hydrogen) atoms. The summed E-state index contributed by atoms with van der Waals surface area (Å²) < 4.78 is 0. The molecule has 0 spiro atoms. The van der Waals surface area contributed by atoms with Crippen molar-refractivity contribution in [3.63, 3.8) is 0 Å². The van der Waals surface area contributed by atoms with E-state index in [-0.39, 0.29) is 16.9 Å². The molecule has 0 saturated heterocycles. The summed E-state index contributed by atoms with van der Waals surface area (Å²) in [7, 11) is 1.43. The standard InChI is InChI=1S/C33H42O2.CH5NO/c1-8-33(9-2,28-16-14-26(23(3)20-28)15-19-31(35)32(5,6)7)29-17-18-30(24(4)21-29)27-12-10-25(22-34)11-13-27;1-2-3/h10-14,16-18,20-22,31,35H,8-9,15,19H2,1-7H3;2-3H,1H3. The number of benzene rings is 3. The van der Waals surface area contributed by atoms with Crippen LogP contribution in [0.3, 0.4) is 0 Å². The molecule has 206 valence electrons. The Labute approximate surface area is 230 Å². The Morgan fingerprint density at radius 2 is 1.39 bits per heavy atom. The Morgan fingerprint density at radius 1 is 0.868 bits per heavy atom. The number of hydrogen-bond acceptors (Lipinski definition) is 4. The fourth-order valence-electron chi connectivity index (χ4n) is 5.26. The Kier molecular flexibility index (Phi) is 11.4. The maximum atomic E-state index is 11.0. The highest BCUT2D eigenvalue weighted by Gasteiger charge is 2.31. The van der Waals surface area contributed by atoms with Gasteiger partial charge in [-0.2, -0.15) is 0 Å². The topological polar surface area (TPSA) is 69.6 Å². The number of nitrogens with one attached hydrogen (secondary N) is 1. The molecule has 0 fully saturated rings. The molecule has 0 heterocycles. The third-order valence-electron chi connectivity index (χ3n) is 7.93. The monoisotopic (exact) mass is 517 g/mol. The largest absolute Gasteiger partial charge is 0.393 e. The summed E-state index contributed by atoms with van der Waals surface area (Å²) in [5.41, 5.74) is 11.2. The third-order valence-corrected chi connectivity index (χ3v) is 7.93. The van der Waals surface area contributed by atoms with Gasteiger partial charge in [-0.05, 0) is 83.9 Å². The molecule has 0 amide bonds. The molecule has 0 radical (unpaired) electrons. The molecular formula is C34H47NO3. The van der Waals surface area contributed by atoms with Crippen molar-refractivity contribution in [2.45, 2.75) is 85.7 Å². The van der Waals surface area contributed by atoms with Crippen molar-refractivity contribution in [2.24, 2.45) is 5.41 Å². The summed E-state index contributed by atoms with van der Waals surface area (Å²) in [6.45, 7) is 15.2. The normalized spacial score (nSPS) is 12.5. The Hall–Kier alpha value is -2.79. The van der Waals surface area contributed by atoms with E-state index in [9.17, 15) is 9.90 Å². The van der Waals surface area contributed by atoms with Crippen molar-refractivity contribution in [1.82, 2.24) is 5.48 Å². The van der Waals surface area contributed by atoms with Crippen molar-refractivity contribution < 1.29 is 15.1 Å². The number of rotatable bonds is 9. The summed E-state index contributed by atoms with van der Waals surface area (Å²) in [5.74, 6) is 0. The van der Waals surface area contributed by atoms with Gasteiger partial charge in [-0.3, -0.25) is 4.79 Å². The lowest BCUT2D eigenvalue weighted by atomic mass is 9.69. The van der Waals surface area contributed by atoms with Crippen LogP contribution in [0.15, 0.2) is 60.7 Å². The van der Waals surface area contributed by atoms with E-state index in [0.29, 0.717) is 5.56 Å². The van der Waals surface area contributed by atoms with Crippen LogP contribution in [0, 0.1) is 19.3 Å². The highest BCUT2D eigenvalue weighted by Crippen LogP contribution is 2.41. The highest BCUT2D eigenvalue weighted by atomic mass is 16.5. The van der Waals surface area contributed by atoms with E-state index in [1.165, 1.54) is 40.4 Å². The van der Waals surface area contributed by atoms with E-state index in [0.717, 1.165) is 37.5 Å². The summed E-state index contributed by atoms with van der Waals surface area (Å²) in [4.78, 5) is 11.0. The number of hydrogen-bond donors (Lipinski definition) is 3. The second kappa shape index (κ2) is 13.8. The lowest BCUT2D eigenvalue weighted by Crippen LogP contribution is -2.27. The van der Waals surface area contributed by atoms with Gasteiger partial charge in [0.1, 0.15) is 6.29 Å². The predicted octanol–water partition coefficient (Wildman–Crippen LogP) is 7.82. The van der Waals surface area contributed by atoms with Gasteiger partial charge in [0.2, 0.25) is 0 Å². The predicted molar refractivity (Wildman–Crippen MR) is 159 cm³/mol.